The molecule has 212 valence electrons. The maximum atomic E-state index is 14.0. The Labute approximate surface area is 235 Å². The van der Waals surface area contributed by atoms with Crippen molar-refractivity contribution in [2.24, 2.45) is 5.73 Å². The number of nitrogens with zero attached hydrogens (tertiary/aromatic N) is 4. The molecule has 0 aliphatic rings. The Morgan fingerprint density at radius 1 is 0.927 bits per heavy atom. The van der Waals surface area contributed by atoms with Gasteiger partial charge >= 0.3 is 0 Å². The van der Waals surface area contributed by atoms with Crippen LogP contribution in [0.3, 0.4) is 0 Å². The second-order valence-corrected chi connectivity index (χ2v) is 9.75. The predicted molar refractivity (Wildman–Crippen MR) is 154 cm³/mol. The fourth-order valence-electron chi connectivity index (χ4n) is 4.72. The van der Waals surface area contributed by atoms with Gasteiger partial charge in [-0.3, -0.25) is 9.97 Å². The zero-order valence-corrected chi connectivity index (χ0v) is 22.9. The molecule has 41 heavy (non-hydrogen) atoms. The highest BCUT2D eigenvalue weighted by molar-refractivity contribution is 6.10. The van der Waals surface area contributed by atoms with Crippen molar-refractivity contribution in [3.63, 3.8) is 0 Å². The average Bonchev–Trinajstić information content (AvgIpc) is 2.97. The van der Waals surface area contributed by atoms with E-state index < -0.39 is 11.6 Å². The zero-order valence-electron chi connectivity index (χ0n) is 22.9. The summed E-state index contributed by atoms with van der Waals surface area (Å²) in [5.41, 5.74) is 14.9. The van der Waals surface area contributed by atoms with Gasteiger partial charge in [-0.2, -0.15) is 0 Å². The van der Waals surface area contributed by atoms with E-state index in [0.29, 0.717) is 46.3 Å². The largest absolute Gasteiger partial charge is 0.493 e. The molecule has 5 aromatic rings. The SMILES string of the molecule is COc1cc2ncc3c(N)nc(-c4cncc(OC[C@H](N)CN(C)Cc5cc(F)ccc5F)c4)cc3c2cc1OC. The molecular formula is C30H30F2N6O3. The number of halogens is 2. The summed E-state index contributed by atoms with van der Waals surface area (Å²) in [6, 6.07) is 10.4. The van der Waals surface area contributed by atoms with Crippen molar-refractivity contribution < 1.29 is 23.0 Å². The summed E-state index contributed by atoms with van der Waals surface area (Å²) >= 11 is 0. The third kappa shape index (κ3) is 6.11. The number of aromatic nitrogens is 3. The minimum atomic E-state index is -0.484. The molecule has 5 rings (SSSR count). The molecule has 3 aromatic heterocycles. The highest BCUT2D eigenvalue weighted by Gasteiger charge is 2.15. The number of fused-ring (bicyclic) bond motifs is 3. The van der Waals surface area contributed by atoms with Crippen molar-refractivity contribution in [1.82, 2.24) is 19.9 Å². The van der Waals surface area contributed by atoms with Crippen LogP contribution >= 0.6 is 0 Å². The third-order valence-corrected chi connectivity index (χ3v) is 6.68. The number of anilines is 1. The Kier molecular flexibility index (Phi) is 8.09. The summed E-state index contributed by atoms with van der Waals surface area (Å²) in [7, 11) is 4.94. The molecule has 9 nitrogen and oxygen atoms in total. The van der Waals surface area contributed by atoms with Gasteiger partial charge in [0, 0.05) is 53.4 Å². The Morgan fingerprint density at radius 2 is 1.71 bits per heavy atom. The van der Waals surface area contributed by atoms with Crippen molar-refractivity contribution in [3.05, 3.63) is 78.3 Å². The smallest absolute Gasteiger partial charge is 0.162 e. The number of rotatable bonds is 10. The van der Waals surface area contributed by atoms with E-state index in [1.54, 1.807) is 39.9 Å². The number of ether oxygens (including phenoxy) is 3. The quantitative estimate of drug-likeness (QED) is 0.237. The molecule has 0 bridgehead atoms. The van der Waals surface area contributed by atoms with Crippen LogP contribution in [0.1, 0.15) is 5.56 Å². The summed E-state index contributed by atoms with van der Waals surface area (Å²) in [5.74, 6) is 1.04. The van der Waals surface area contributed by atoms with E-state index in [-0.39, 0.29) is 24.8 Å². The summed E-state index contributed by atoms with van der Waals surface area (Å²) < 4.78 is 44.3. The number of hydrogen-bond acceptors (Lipinski definition) is 9. The molecule has 0 spiro atoms. The molecule has 0 saturated heterocycles. The molecule has 11 heteroatoms. The fourth-order valence-corrected chi connectivity index (χ4v) is 4.72. The summed E-state index contributed by atoms with van der Waals surface area (Å²) in [6.45, 7) is 0.805. The van der Waals surface area contributed by atoms with Crippen molar-refractivity contribution in [2.75, 3.05) is 40.2 Å². The van der Waals surface area contributed by atoms with E-state index in [2.05, 4.69) is 15.0 Å². The van der Waals surface area contributed by atoms with Gasteiger partial charge in [0.25, 0.3) is 0 Å². The molecule has 4 N–H and O–H groups in total. The highest BCUT2D eigenvalue weighted by atomic mass is 19.1. The van der Waals surface area contributed by atoms with Gasteiger partial charge in [-0.05, 0) is 48.8 Å². The minimum absolute atomic E-state index is 0.187. The van der Waals surface area contributed by atoms with Crippen LogP contribution in [-0.4, -0.2) is 60.3 Å². The van der Waals surface area contributed by atoms with Crippen LogP contribution in [-0.2, 0) is 6.54 Å². The van der Waals surface area contributed by atoms with Gasteiger partial charge in [-0.15, -0.1) is 0 Å². The number of pyridine rings is 3. The molecule has 3 heterocycles. The molecule has 0 radical (unpaired) electrons. The molecule has 0 aliphatic heterocycles. The van der Waals surface area contributed by atoms with Crippen LogP contribution in [0.15, 0.2) is 61.1 Å². The lowest BCUT2D eigenvalue weighted by molar-refractivity contribution is 0.231. The normalized spacial score (nSPS) is 12.2. The molecule has 1 atom stereocenters. The van der Waals surface area contributed by atoms with E-state index in [9.17, 15) is 8.78 Å². The standard InChI is InChI=1S/C30H30F2N6O3/c1-38(14-18-6-19(31)4-5-25(18)32)15-20(33)16-41-21-7-17(11-35-12-21)26-8-22-23-9-28(39-2)29(40-3)10-27(23)36-13-24(22)30(34)37-26/h4-13,20H,14-16,33H2,1-3H3,(H2,34,37)/t20-/m1/s1. The van der Waals surface area contributed by atoms with Crippen LogP contribution in [0.4, 0.5) is 14.6 Å². The van der Waals surface area contributed by atoms with Gasteiger partial charge in [0.1, 0.15) is 29.8 Å². The van der Waals surface area contributed by atoms with Gasteiger partial charge in [0.05, 0.1) is 37.7 Å². The lowest BCUT2D eigenvalue weighted by Gasteiger charge is -2.22. The number of likely N-dealkylation sites (N-methyl/N-ethyl adjacent to an activating group) is 1. The molecule has 0 fully saturated rings. The first-order chi connectivity index (χ1) is 19.7. The van der Waals surface area contributed by atoms with Crippen LogP contribution in [0, 0.1) is 11.6 Å². The first kappa shape index (κ1) is 27.9. The first-order valence-electron chi connectivity index (χ1n) is 12.8. The van der Waals surface area contributed by atoms with Gasteiger partial charge in [0.15, 0.2) is 11.5 Å². The van der Waals surface area contributed by atoms with E-state index in [0.717, 1.165) is 28.4 Å². The minimum Gasteiger partial charge on any atom is -0.493 e. The average molecular weight is 561 g/mol. The summed E-state index contributed by atoms with van der Waals surface area (Å²) in [6.07, 6.45) is 4.95. The maximum absolute atomic E-state index is 14.0. The Balaban J connectivity index is 1.34. The van der Waals surface area contributed by atoms with E-state index in [1.165, 1.54) is 6.07 Å². The number of nitrogens with two attached hydrogens (primary N) is 2. The fraction of sp³-hybridized carbons (Fsp3) is 0.233. The van der Waals surface area contributed by atoms with E-state index in [4.69, 9.17) is 25.7 Å². The molecular weight excluding hydrogens is 530 g/mol. The molecule has 0 amide bonds. The summed E-state index contributed by atoms with van der Waals surface area (Å²) in [5, 5.41) is 2.40. The number of nitrogen functional groups attached to an aromatic ring is 1. The van der Waals surface area contributed by atoms with Gasteiger partial charge in [0.2, 0.25) is 0 Å². The summed E-state index contributed by atoms with van der Waals surface area (Å²) in [4.78, 5) is 15.2. The monoisotopic (exact) mass is 560 g/mol. The number of benzene rings is 2. The lowest BCUT2D eigenvalue weighted by atomic mass is 10.0. The van der Waals surface area contributed by atoms with Crippen molar-refractivity contribution in [1.29, 1.82) is 0 Å². The lowest BCUT2D eigenvalue weighted by Crippen LogP contribution is -2.39. The van der Waals surface area contributed by atoms with E-state index in [1.807, 2.05) is 29.2 Å². The Hall–Kier alpha value is -4.61. The van der Waals surface area contributed by atoms with E-state index >= 15 is 0 Å². The maximum Gasteiger partial charge on any atom is 0.162 e. The zero-order chi connectivity index (χ0) is 29.1. The third-order valence-electron chi connectivity index (χ3n) is 6.68. The van der Waals surface area contributed by atoms with Gasteiger partial charge < -0.3 is 30.6 Å². The van der Waals surface area contributed by atoms with Crippen LogP contribution in [0.5, 0.6) is 17.2 Å². The second kappa shape index (κ2) is 11.9. The second-order valence-electron chi connectivity index (χ2n) is 9.75. The topological polar surface area (TPSA) is 122 Å². The van der Waals surface area contributed by atoms with Gasteiger partial charge in [-0.25, -0.2) is 13.8 Å². The predicted octanol–water partition coefficient (Wildman–Crippen LogP) is 4.56. The molecule has 0 saturated carbocycles. The van der Waals surface area contributed by atoms with Crippen LogP contribution in [0.25, 0.3) is 32.9 Å². The Morgan fingerprint density at radius 3 is 2.49 bits per heavy atom. The molecule has 0 aliphatic carbocycles. The van der Waals surface area contributed by atoms with Crippen LogP contribution in [0.2, 0.25) is 0 Å². The first-order valence-corrected chi connectivity index (χ1v) is 12.8. The van der Waals surface area contributed by atoms with Crippen molar-refractivity contribution in [3.8, 4) is 28.5 Å². The molecule has 2 aromatic carbocycles. The van der Waals surface area contributed by atoms with Crippen molar-refractivity contribution in [2.45, 2.75) is 12.6 Å². The van der Waals surface area contributed by atoms with Gasteiger partial charge in [-0.1, -0.05) is 0 Å². The highest BCUT2D eigenvalue weighted by Crippen LogP contribution is 2.37. The Bertz CT molecular complexity index is 1720. The van der Waals surface area contributed by atoms with Crippen molar-refractivity contribution >= 4 is 27.5 Å². The number of methoxy groups -OCH3 is 2. The van der Waals surface area contributed by atoms with Crippen LogP contribution < -0.4 is 25.7 Å². The number of hydrogen-bond donors (Lipinski definition) is 2. The molecule has 0 unspecified atom stereocenters.